The molecular weight excluding hydrogens is 450 g/mol. The Hall–Kier alpha value is -2.58. The maximum absolute atomic E-state index is 13.0. The number of halogens is 1. The zero-order valence-corrected chi connectivity index (χ0v) is 18.4. The third-order valence-corrected chi connectivity index (χ3v) is 5.75. The minimum atomic E-state index is -0.653. The number of aryl methyl sites for hydroxylation is 1. The van der Waals surface area contributed by atoms with E-state index in [2.05, 4.69) is 21.2 Å². The molecule has 1 N–H and O–H groups in total. The number of benzene rings is 2. The second-order valence-corrected chi connectivity index (χ2v) is 8.32. The monoisotopic (exact) mass is 473 g/mol. The molecule has 1 atom stereocenters. The number of nitrogens with zero attached hydrogens (tertiary/aromatic N) is 2. The van der Waals surface area contributed by atoms with Crippen molar-refractivity contribution < 1.29 is 19.1 Å². The summed E-state index contributed by atoms with van der Waals surface area (Å²) in [6, 6.07) is 13.2. The van der Waals surface area contributed by atoms with Gasteiger partial charge in [-0.05, 0) is 42.8 Å². The van der Waals surface area contributed by atoms with Gasteiger partial charge >= 0.3 is 0 Å². The number of carbonyl (C=O) groups excluding carboxylic acids is 2. The van der Waals surface area contributed by atoms with E-state index >= 15 is 0 Å². The summed E-state index contributed by atoms with van der Waals surface area (Å²) in [5, 5.41) is 2.97. The van der Waals surface area contributed by atoms with Gasteiger partial charge in [0.05, 0.1) is 32.0 Å². The first-order chi connectivity index (χ1) is 14.5. The summed E-state index contributed by atoms with van der Waals surface area (Å²) >= 11 is 3.43. The molecule has 0 aliphatic carbocycles. The summed E-state index contributed by atoms with van der Waals surface area (Å²) in [4.78, 5) is 29.4. The van der Waals surface area contributed by atoms with Gasteiger partial charge in [0, 0.05) is 23.2 Å². The molecule has 2 heterocycles. The molecule has 1 saturated heterocycles. The quantitative estimate of drug-likeness (QED) is 0.738. The number of para-hydroxylation sites is 2. The molecular formula is C22H24BrN3O4. The van der Waals surface area contributed by atoms with Crippen LogP contribution >= 0.6 is 15.9 Å². The fourth-order valence-electron chi connectivity index (χ4n) is 3.70. The lowest BCUT2D eigenvalue weighted by atomic mass is 10.1. The van der Waals surface area contributed by atoms with E-state index in [1.807, 2.05) is 54.3 Å². The van der Waals surface area contributed by atoms with E-state index in [0.717, 1.165) is 21.4 Å². The Balaban J connectivity index is 1.49. The number of anilines is 2. The SMILES string of the molecule is Cc1cc(Br)ccc1NC(=O)CN1C[C@H](C(=O)N2CCOCC2)Oc2ccccc21. The number of carbonyl (C=O) groups is 2. The first-order valence-electron chi connectivity index (χ1n) is 9.94. The molecule has 30 heavy (non-hydrogen) atoms. The average Bonchev–Trinajstić information content (AvgIpc) is 2.75. The predicted octanol–water partition coefficient (Wildman–Crippen LogP) is 2.82. The lowest BCUT2D eigenvalue weighted by Gasteiger charge is -2.38. The Kier molecular flexibility index (Phi) is 6.24. The first kappa shape index (κ1) is 20.7. The van der Waals surface area contributed by atoms with Crippen molar-refractivity contribution in [3.05, 3.63) is 52.5 Å². The van der Waals surface area contributed by atoms with Gasteiger partial charge in [0.25, 0.3) is 5.91 Å². The smallest absolute Gasteiger partial charge is 0.265 e. The molecule has 2 amide bonds. The number of nitrogens with one attached hydrogen (secondary N) is 1. The molecule has 0 aromatic heterocycles. The predicted molar refractivity (Wildman–Crippen MR) is 118 cm³/mol. The van der Waals surface area contributed by atoms with Crippen LogP contribution in [-0.4, -0.2) is 62.2 Å². The molecule has 2 aromatic carbocycles. The van der Waals surface area contributed by atoms with Gasteiger partial charge in [0.15, 0.2) is 6.10 Å². The van der Waals surface area contributed by atoms with Crippen LogP contribution in [0, 0.1) is 6.92 Å². The van der Waals surface area contributed by atoms with Crippen molar-refractivity contribution >= 4 is 39.1 Å². The second kappa shape index (κ2) is 9.06. The standard InChI is InChI=1S/C22H24BrN3O4/c1-15-12-16(23)6-7-17(15)24-21(27)14-26-13-20(22(28)25-8-10-29-11-9-25)30-19-5-3-2-4-18(19)26/h2-7,12,20H,8-11,13-14H2,1H3,(H,24,27)/t20-/m1/s1. The minimum absolute atomic E-state index is 0.0676. The van der Waals surface area contributed by atoms with Crippen molar-refractivity contribution in [1.82, 2.24) is 4.90 Å². The zero-order valence-electron chi connectivity index (χ0n) is 16.8. The molecule has 1 fully saturated rings. The Morgan fingerprint density at radius 3 is 2.70 bits per heavy atom. The highest BCUT2D eigenvalue weighted by molar-refractivity contribution is 9.10. The van der Waals surface area contributed by atoms with Crippen LogP contribution in [-0.2, 0) is 14.3 Å². The van der Waals surface area contributed by atoms with Crippen molar-refractivity contribution in [1.29, 1.82) is 0 Å². The van der Waals surface area contributed by atoms with Gasteiger partial charge in [-0.3, -0.25) is 9.59 Å². The summed E-state index contributed by atoms with van der Waals surface area (Å²) in [7, 11) is 0. The normalized spacial score (nSPS) is 18.4. The molecule has 2 aliphatic rings. The molecule has 0 saturated carbocycles. The molecule has 2 aromatic rings. The van der Waals surface area contributed by atoms with Gasteiger partial charge < -0.3 is 24.6 Å². The number of fused-ring (bicyclic) bond motifs is 1. The van der Waals surface area contributed by atoms with Crippen molar-refractivity contribution in [3.8, 4) is 5.75 Å². The molecule has 158 valence electrons. The van der Waals surface area contributed by atoms with Crippen LogP contribution in [0.4, 0.5) is 11.4 Å². The van der Waals surface area contributed by atoms with E-state index < -0.39 is 6.10 Å². The number of hydrogen-bond acceptors (Lipinski definition) is 5. The second-order valence-electron chi connectivity index (χ2n) is 7.40. The summed E-state index contributed by atoms with van der Waals surface area (Å²) in [5.41, 5.74) is 2.55. The van der Waals surface area contributed by atoms with Gasteiger partial charge in [-0.25, -0.2) is 0 Å². The van der Waals surface area contributed by atoms with E-state index in [1.54, 1.807) is 4.90 Å². The van der Waals surface area contributed by atoms with Crippen LogP contribution in [0.2, 0.25) is 0 Å². The van der Waals surface area contributed by atoms with Crippen molar-refractivity contribution in [2.75, 3.05) is 49.6 Å². The van der Waals surface area contributed by atoms with Gasteiger partial charge in [-0.15, -0.1) is 0 Å². The van der Waals surface area contributed by atoms with Crippen molar-refractivity contribution in [2.45, 2.75) is 13.0 Å². The van der Waals surface area contributed by atoms with Crippen LogP contribution < -0.4 is 15.0 Å². The van der Waals surface area contributed by atoms with Crippen LogP contribution in [0.25, 0.3) is 0 Å². The number of rotatable bonds is 4. The first-order valence-corrected chi connectivity index (χ1v) is 10.7. The summed E-state index contributed by atoms with van der Waals surface area (Å²) in [6.07, 6.45) is -0.653. The topological polar surface area (TPSA) is 71.1 Å². The third-order valence-electron chi connectivity index (χ3n) is 5.26. The Morgan fingerprint density at radius 2 is 1.93 bits per heavy atom. The van der Waals surface area contributed by atoms with Crippen molar-refractivity contribution in [2.24, 2.45) is 0 Å². The largest absolute Gasteiger partial charge is 0.477 e. The molecule has 7 nitrogen and oxygen atoms in total. The lowest BCUT2D eigenvalue weighted by molar-refractivity contribution is -0.142. The molecule has 0 spiro atoms. The fourth-order valence-corrected chi connectivity index (χ4v) is 4.18. The number of amides is 2. The van der Waals surface area contributed by atoms with Crippen LogP contribution in [0.5, 0.6) is 5.75 Å². The zero-order chi connectivity index (χ0) is 21.1. The summed E-state index contributed by atoms with van der Waals surface area (Å²) < 4.78 is 12.3. The highest BCUT2D eigenvalue weighted by Crippen LogP contribution is 2.33. The fraction of sp³-hybridized carbons (Fsp3) is 0.364. The van der Waals surface area contributed by atoms with Crippen molar-refractivity contribution in [3.63, 3.8) is 0 Å². The Labute approximate surface area is 184 Å². The van der Waals surface area contributed by atoms with E-state index in [0.29, 0.717) is 38.6 Å². The van der Waals surface area contributed by atoms with E-state index in [-0.39, 0.29) is 18.4 Å². The summed E-state index contributed by atoms with van der Waals surface area (Å²) in [6.45, 7) is 4.58. The maximum atomic E-state index is 13.0. The molecule has 8 heteroatoms. The van der Waals surface area contributed by atoms with E-state index in [4.69, 9.17) is 9.47 Å². The van der Waals surface area contributed by atoms with Gasteiger partial charge in [0.1, 0.15) is 5.75 Å². The van der Waals surface area contributed by atoms with Gasteiger partial charge in [0.2, 0.25) is 5.91 Å². The van der Waals surface area contributed by atoms with Crippen LogP contribution in [0.3, 0.4) is 0 Å². The third kappa shape index (κ3) is 4.60. The van der Waals surface area contributed by atoms with Gasteiger partial charge in [-0.1, -0.05) is 28.1 Å². The number of ether oxygens (including phenoxy) is 2. The molecule has 0 bridgehead atoms. The molecule has 2 aliphatic heterocycles. The van der Waals surface area contributed by atoms with Crippen LogP contribution in [0.1, 0.15) is 5.56 Å². The highest BCUT2D eigenvalue weighted by atomic mass is 79.9. The lowest BCUT2D eigenvalue weighted by Crippen LogP contribution is -2.53. The molecule has 0 radical (unpaired) electrons. The minimum Gasteiger partial charge on any atom is -0.477 e. The summed E-state index contributed by atoms with van der Waals surface area (Å²) in [5.74, 6) is 0.402. The Morgan fingerprint density at radius 1 is 1.17 bits per heavy atom. The van der Waals surface area contributed by atoms with E-state index in [1.165, 1.54) is 0 Å². The number of hydrogen-bond donors (Lipinski definition) is 1. The highest BCUT2D eigenvalue weighted by Gasteiger charge is 2.34. The molecule has 0 unspecified atom stereocenters. The number of morpholine rings is 1. The van der Waals surface area contributed by atoms with E-state index in [9.17, 15) is 9.59 Å². The average molecular weight is 474 g/mol. The maximum Gasteiger partial charge on any atom is 0.265 e. The van der Waals surface area contributed by atoms with Crippen LogP contribution in [0.15, 0.2) is 46.9 Å². The molecule has 4 rings (SSSR count). The van der Waals surface area contributed by atoms with Gasteiger partial charge in [-0.2, -0.15) is 0 Å². The Bertz CT molecular complexity index is 946.